The Morgan fingerprint density at radius 2 is 1.92 bits per heavy atom. The quantitative estimate of drug-likeness (QED) is 0.862. The van der Waals surface area contributed by atoms with Crippen molar-refractivity contribution in [3.05, 3.63) is 29.8 Å². The van der Waals surface area contributed by atoms with Gasteiger partial charge < -0.3 is 15.5 Å². The maximum Gasteiger partial charge on any atom is 0.321 e. The van der Waals surface area contributed by atoms with Crippen LogP contribution in [0.4, 0.5) is 10.5 Å². The molecule has 134 valence electrons. The molecule has 0 radical (unpaired) electrons. The van der Waals surface area contributed by atoms with Crippen molar-refractivity contribution in [1.82, 2.24) is 15.5 Å². The summed E-state index contributed by atoms with van der Waals surface area (Å²) in [6.45, 7) is 5.27. The molecule has 3 amide bonds. The number of hydrogen-bond acceptors (Lipinski definition) is 3. The van der Waals surface area contributed by atoms with Crippen LogP contribution >= 0.6 is 0 Å². The van der Waals surface area contributed by atoms with Crippen LogP contribution in [0.5, 0.6) is 0 Å². The molecule has 25 heavy (non-hydrogen) atoms. The lowest BCUT2D eigenvalue weighted by atomic mass is 9.78. The Bertz CT molecular complexity index is 659. The summed E-state index contributed by atoms with van der Waals surface area (Å²) in [5, 5.41) is 6.32. The molecule has 0 bridgehead atoms. The molecule has 4 rings (SSSR count). The normalized spacial score (nSPS) is 23.0. The predicted molar refractivity (Wildman–Crippen MR) is 96.9 cm³/mol. The molecule has 3 aliphatic heterocycles. The lowest BCUT2D eigenvalue weighted by molar-refractivity contribution is 0.0607. The van der Waals surface area contributed by atoms with Gasteiger partial charge in [0.1, 0.15) is 0 Å². The molecule has 1 spiro atoms. The highest BCUT2D eigenvalue weighted by Crippen LogP contribution is 2.37. The molecular formula is C19H26N4O2. The second-order valence-electron chi connectivity index (χ2n) is 7.51. The highest BCUT2D eigenvalue weighted by Gasteiger charge is 2.38. The van der Waals surface area contributed by atoms with Crippen LogP contribution in [0.1, 0.15) is 36.0 Å². The molecule has 0 unspecified atom stereocenters. The van der Waals surface area contributed by atoms with Gasteiger partial charge in [-0.05, 0) is 55.8 Å². The van der Waals surface area contributed by atoms with E-state index in [-0.39, 0.29) is 11.9 Å². The molecule has 3 fully saturated rings. The standard InChI is InChI=1S/C19H26N4O2/c24-17(22-11-6-19(7-12-22)5-9-20-14-19)15-3-1-4-16(13-15)23-10-2-8-21-18(23)25/h1,3-4,13,20H,2,5-12,14H2,(H,21,25). The SMILES string of the molecule is O=C(c1cccc(N2CCCNC2=O)c1)N1CCC2(CCNC2)CC1. The second kappa shape index (κ2) is 6.67. The van der Waals surface area contributed by atoms with E-state index in [9.17, 15) is 9.59 Å². The van der Waals surface area contributed by atoms with Crippen LogP contribution in [0.15, 0.2) is 24.3 Å². The first-order valence-corrected chi connectivity index (χ1v) is 9.32. The van der Waals surface area contributed by atoms with Crippen molar-refractivity contribution < 1.29 is 9.59 Å². The molecule has 1 aromatic rings. The fraction of sp³-hybridized carbons (Fsp3) is 0.579. The van der Waals surface area contributed by atoms with E-state index in [0.717, 1.165) is 57.7 Å². The van der Waals surface area contributed by atoms with Gasteiger partial charge in [0.05, 0.1) is 0 Å². The number of piperidine rings is 1. The lowest BCUT2D eigenvalue weighted by Crippen LogP contribution is -2.46. The molecule has 6 heteroatoms. The Labute approximate surface area is 148 Å². The van der Waals surface area contributed by atoms with Gasteiger partial charge in [-0.1, -0.05) is 6.07 Å². The van der Waals surface area contributed by atoms with Crippen molar-refractivity contribution in [2.24, 2.45) is 5.41 Å². The van der Waals surface area contributed by atoms with Gasteiger partial charge in [0, 0.05) is 44.0 Å². The Kier molecular flexibility index (Phi) is 4.37. The fourth-order valence-electron chi connectivity index (χ4n) is 4.27. The number of rotatable bonds is 2. The number of carbonyl (C=O) groups is 2. The van der Waals surface area contributed by atoms with Crippen LogP contribution in [0.2, 0.25) is 0 Å². The van der Waals surface area contributed by atoms with Gasteiger partial charge in [0.25, 0.3) is 5.91 Å². The topological polar surface area (TPSA) is 64.7 Å². The number of anilines is 1. The first-order chi connectivity index (χ1) is 12.2. The zero-order valence-corrected chi connectivity index (χ0v) is 14.6. The molecule has 0 aliphatic carbocycles. The summed E-state index contributed by atoms with van der Waals surface area (Å²) in [5.74, 6) is 0.0834. The van der Waals surface area contributed by atoms with Crippen LogP contribution in [0.3, 0.4) is 0 Å². The fourth-order valence-corrected chi connectivity index (χ4v) is 4.27. The summed E-state index contributed by atoms with van der Waals surface area (Å²) in [6, 6.07) is 7.40. The molecule has 0 aromatic heterocycles. The minimum atomic E-state index is -0.0792. The Balaban J connectivity index is 1.45. The van der Waals surface area contributed by atoms with E-state index in [1.54, 1.807) is 4.90 Å². The number of urea groups is 1. The van der Waals surface area contributed by atoms with Gasteiger partial charge in [0.15, 0.2) is 0 Å². The summed E-state index contributed by atoms with van der Waals surface area (Å²) >= 11 is 0. The molecular weight excluding hydrogens is 316 g/mol. The largest absolute Gasteiger partial charge is 0.339 e. The van der Waals surface area contributed by atoms with Crippen molar-refractivity contribution in [2.75, 3.05) is 44.2 Å². The van der Waals surface area contributed by atoms with E-state index >= 15 is 0 Å². The Morgan fingerprint density at radius 1 is 1.08 bits per heavy atom. The number of hydrogen-bond donors (Lipinski definition) is 2. The van der Waals surface area contributed by atoms with Crippen molar-refractivity contribution >= 4 is 17.6 Å². The van der Waals surface area contributed by atoms with Crippen LogP contribution in [0, 0.1) is 5.41 Å². The molecule has 0 atom stereocenters. The van der Waals surface area contributed by atoms with E-state index in [4.69, 9.17) is 0 Å². The summed E-state index contributed by atoms with van der Waals surface area (Å²) in [4.78, 5) is 28.6. The number of nitrogens with zero attached hydrogens (tertiary/aromatic N) is 2. The van der Waals surface area contributed by atoms with Crippen LogP contribution < -0.4 is 15.5 Å². The monoisotopic (exact) mass is 342 g/mol. The third-order valence-corrected chi connectivity index (χ3v) is 5.93. The highest BCUT2D eigenvalue weighted by molar-refractivity contribution is 5.98. The Morgan fingerprint density at radius 3 is 2.64 bits per heavy atom. The van der Waals surface area contributed by atoms with Crippen molar-refractivity contribution in [3.63, 3.8) is 0 Å². The molecule has 3 aliphatic rings. The average Bonchev–Trinajstić information content (AvgIpc) is 3.10. The zero-order valence-electron chi connectivity index (χ0n) is 14.6. The second-order valence-corrected chi connectivity index (χ2v) is 7.51. The third kappa shape index (κ3) is 3.23. The van der Waals surface area contributed by atoms with E-state index in [1.807, 2.05) is 29.2 Å². The van der Waals surface area contributed by atoms with Crippen LogP contribution in [-0.4, -0.2) is 56.1 Å². The molecule has 1 aromatic carbocycles. The zero-order chi connectivity index (χ0) is 17.3. The third-order valence-electron chi connectivity index (χ3n) is 5.93. The molecule has 2 N–H and O–H groups in total. The van der Waals surface area contributed by atoms with Crippen molar-refractivity contribution in [1.29, 1.82) is 0 Å². The van der Waals surface area contributed by atoms with Crippen molar-refractivity contribution in [2.45, 2.75) is 25.7 Å². The van der Waals surface area contributed by atoms with Gasteiger partial charge in [-0.2, -0.15) is 0 Å². The van der Waals surface area contributed by atoms with Crippen molar-refractivity contribution in [3.8, 4) is 0 Å². The number of amides is 3. The molecule has 0 saturated carbocycles. The molecule has 6 nitrogen and oxygen atoms in total. The van der Waals surface area contributed by atoms with Crippen LogP contribution in [-0.2, 0) is 0 Å². The molecule has 3 heterocycles. The summed E-state index contributed by atoms with van der Waals surface area (Å²) in [7, 11) is 0. The van der Waals surface area contributed by atoms with E-state index in [0.29, 0.717) is 17.5 Å². The summed E-state index contributed by atoms with van der Waals surface area (Å²) in [6.07, 6.45) is 4.32. The maximum absolute atomic E-state index is 12.9. The minimum Gasteiger partial charge on any atom is -0.339 e. The summed E-state index contributed by atoms with van der Waals surface area (Å²) < 4.78 is 0. The average molecular weight is 342 g/mol. The number of carbonyl (C=O) groups excluding carboxylic acids is 2. The van der Waals surface area contributed by atoms with Gasteiger partial charge in [-0.15, -0.1) is 0 Å². The molecule has 3 saturated heterocycles. The van der Waals surface area contributed by atoms with Gasteiger partial charge in [-0.25, -0.2) is 4.79 Å². The van der Waals surface area contributed by atoms with E-state index < -0.39 is 0 Å². The Hall–Kier alpha value is -2.08. The van der Waals surface area contributed by atoms with E-state index in [1.165, 1.54) is 6.42 Å². The van der Waals surface area contributed by atoms with Gasteiger partial charge in [-0.3, -0.25) is 9.69 Å². The predicted octanol–water partition coefficient (Wildman–Crippen LogP) is 1.82. The number of nitrogens with one attached hydrogen (secondary N) is 2. The first-order valence-electron chi connectivity index (χ1n) is 9.32. The highest BCUT2D eigenvalue weighted by atomic mass is 16.2. The lowest BCUT2D eigenvalue weighted by Gasteiger charge is -2.39. The first kappa shape index (κ1) is 16.4. The number of benzene rings is 1. The summed E-state index contributed by atoms with van der Waals surface area (Å²) in [5.41, 5.74) is 1.89. The van der Waals surface area contributed by atoms with Gasteiger partial charge in [0.2, 0.25) is 0 Å². The van der Waals surface area contributed by atoms with Gasteiger partial charge >= 0.3 is 6.03 Å². The maximum atomic E-state index is 12.9. The smallest absolute Gasteiger partial charge is 0.321 e. The van der Waals surface area contributed by atoms with Crippen LogP contribution in [0.25, 0.3) is 0 Å². The number of likely N-dealkylation sites (tertiary alicyclic amines) is 1. The van der Waals surface area contributed by atoms with E-state index in [2.05, 4.69) is 10.6 Å². The minimum absolute atomic E-state index is 0.0792.